The predicted octanol–water partition coefficient (Wildman–Crippen LogP) is 5.45. The summed E-state index contributed by atoms with van der Waals surface area (Å²) in [6.07, 6.45) is 0. The molecule has 0 heterocycles. The van der Waals surface area contributed by atoms with Gasteiger partial charge in [-0.15, -0.1) is 0 Å². The number of hydrogen-bond acceptors (Lipinski definition) is 1. The van der Waals surface area contributed by atoms with Crippen molar-refractivity contribution < 1.29 is 0 Å². The third-order valence-electron chi connectivity index (χ3n) is 3.73. The predicted molar refractivity (Wildman–Crippen MR) is 96.4 cm³/mol. The van der Waals surface area contributed by atoms with Gasteiger partial charge in [0.2, 0.25) is 0 Å². The summed E-state index contributed by atoms with van der Waals surface area (Å²) in [6.45, 7) is 7.72. The van der Waals surface area contributed by atoms with Crippen LogP contribution in [0, 0.1) is 16.4 Å². The van der Waals surface area contributed by atoms with Crippen molar-refractivity contribution in [2.45, 2.75) is 26.7 Å². The van der Waals surface area contributed by atoms with Crippen LogP contribution in [0.4, 0.5) is 5.69 Å². The Balaban J connectivity index is 2.10. The smallest absolute Gasteiger partial charge is 0.0370 e. The molecule has 0 aliphatic carbocycles. The highest BCUT2D eigenvalue weighted by atomic mass is 127. The van der Waals surface area contributed by atoms with E-state index in [2.05, 4.69) is 97.2 Å². The van der Waals surface area contributed by atoms with Crippen molar-refractivity contribution in [3.8, 4) is 0 Å². The molecule has 0 saturated heterocycles. The molecule has 2 heteroatoms. The lowest BCUT2D eigenvalue weighted by molar-refractivity contribution is 0.517. The quantitative estimate of drug-likeness (QED) is 0.681. The second kappa shape index (κ2) is 7.11. The van der Waals surface area contributed by atoms with Crippen LogP contribution in [-0.2, 0) is 0 Å². The van der Waals surface area contributed by atoms with Crippen LogP contribution in [0.3, 0.4) is 0 Å². The van der Waals surface area contributed by atoms with E-state index in [4.69, 9.17) is 0 Å². The van der Waals surface area contributed by atoms with Crippen molar-refractivity contribution in [2.75, 3.05) is 11.9 Å². The lowest BCUT2D eigenvalue weighted by Gasteiger charge is -2.23. The minimum Gasteiger partial charge on any atom is -0.384 e. The van der Waals surface area contributed by atoms with Crippen LogP contribution >= 0.6 is 22.6 Å². The molecule has 1 unspecified atom stereocenters. The van der Waals surface area contributed by atoms with Crippen molar-refractivity contribution in [3.05, 3.63) is 63.2 Å². The van der Waals surface area contributed by atoms with E-state index in [1.165, 1.54) is 20.4 Å². The number of anilines is 1. The first-order valence-electron chi connectivity index (χ1n) is 7.13. The van der Waals surface area contributed by atoms with Crippen LogP contribution in [0.2, 0.25) is 0 Å². The fourth-order valence-electron chi connectivity index (χ4n) is 2.48. The van der Waals surface area contributed by atoms with Crippen LogP contribution in [0.15, 0.2) is 48.5 Å². The number of nitrogens with one attached hydrogen (secondary N) is 1. The first-order chi connectivity index (χ1) is 9.58. The normalized spacial score (nSPS) is 12.4. The molecule has 0 aliphatic heterocycles. The van der Waals surface area contributed by atoms with Crippen LogP contribution in [0.25, 0.3) is 0 Å². The minimum atomic E-state index is 0.537. The maximum absolute atomic E-state index is 3.62. The van der Waals surface area contributed by atoms with Gasteiger partial charge in [0.1, 0.15) is 0 Å². The summed E-state index contributed by atoms with van der Waals surface area (Å²) in [4.78, 5) is 0. The maximum Gasteiger partial charge on any atom is 0.0370 e. The van der Waals surface area contributed by atoms with E-state index in [0.29, 0.717) is 11.8 Å². The molecule has 2 aromatic carbocycles. The number of aryl methyl sites for hydroxylation is 1. The Labute approximate surface area is 135 Å². The van der Waals surface area contributed by atoms with E-state index < -0.39 is 0 Å². The topological polar surface area (TPSA) is 12.0 Å². The highest BCUT2D eigenvalue weighted by Crippen LogP contribution is 2.26. The Morgan fingerprint density at radius 3 is 2.35 bits per heavy atom. The van der Waals surface area contributed by atoms with Crippen LogP contribution in [0.5, 0.6) is 0 Å². The van der Waals surface area contributed by atoms with E-state index in [0.717, 1.165) is 6.54 Å². The Morgan fingerprint density at radius 1 is 1.05 bits per heavy atom. The van der Waals surface area contributed by atoms with Gasteiger partial charge >= 0.3 is 0 Å². The van der Waals surface area contributed by atoms with Crippen molar-refractivity contribution in [1.82, 2.24) is 0 Å². The largest absolute Gasteiger partial charge is 0.384 e. The summed E-state index contributed by atoms with van der Waals surface area (Å²) >= 11 is 2.36. The van der Waals surface area contributed by atoms with Crippen LogP contribution in [0.1, 0.15) is 30.9 Å². The summed E-state index contributed by atoms with van der Waals surface area (Å²) in [5.41, 5.74) is 3.97. The fourth-order valence-corrected chi connectivity index (χ4v) is 3.13. The summed E-state index contributed by atoms with van der Waals surface area (Å²) in [7, 11) is 0. The van der Waals surface area contributed by atoms with E-state index in [9.17, 15) is 0 Å². The van der Waals surface area contributed by atoms with Crippen molar-refractivity contribution >= 4 is 28.3 Å². The van der Waals surface area contributed by atoms with Gasteiger partial charge in [-0.2, -0.15) is 0 Å². The molecule has 2 aromatic rings. The molecule has 0 saturated carbocycles. The Hall–Kier alpha value is -1.03. The summed E-state index contributed by atoms with van der Waals surface area (Å²) in [5.74, 6) is 1.16. The van der Waals surface area contributed by atoms with Gasteiger partial charge in [-0.3, -0.25) is 0 Å². The average molecular weight is 379 g/mol. The molecule has 0 fully saturated rings. The fraction of sp³-hybridized carbons (Fsp3) is 0.333. The number of halogens is 1. The number of rotatable bonds is 5. The molecular weight excluding hydrogens is 357 g/mol. The maximum atomic E-state index is 3.62. The third-order valence-corrected chi connectivity index (χ3v) is 4.40. The minimum absolute atomic E-state index is 0.537. The van der Waals surface area contributed by atoms with Gasteiger partial charge in [0.25, 0.3) is 0 Å². The first kappa shape index (κ1) is 15.4. The van der Waals surface area contributed by atoms with E-state index >= 15 is 0 Å². The van der Waals surface area contributed by atoms with Gasteiger partial charge in [0.15, 0.2) is 0 Å². The van der Waals surface area contributed by atoms with Gasteiger partial charge in [0.05, 0.1) is 0 Å². The average Bonchev–Trinajstić information content (AvgIpc) is 2.42. The molecule has 0 aromatic heterocycles. The molecule has 106 valence electrons. The first-order valence-corrected chi connectivity index (χ1v) is 8.20. The van der Waals surface area contributed by atoms with Gasteiger partial charge in [-0.1, -0.05) is 44.2 Å². The lowest BCUT2D eigenvalue weighted by atomic mass is 9.88. The zero-order chi connectivity index (χ0) is 14.5. The van der Waals surface area contributed by atoms with Crippen molar-refractivity contribution in [3.63, 3.8) is 0 Å². The molecule has 20 heavy (non-hydrogen) atoms. The molecule has 0 radical (unpaired) electrons. The zero-order valence-electron chi connectivity index (χ0n) is 12.4. The second-order valence-electron chi connectivity index (χ2n) is 5.60. The molecule has 0 amide bonds. The van der Waals surface area contributed by atoms with E-state index in [-0.39, 0.29) is 0 Å². The SMILES string of the molecule is Cc1cc(I)ccc1NCC(c1ccccc1)C(C)C. The standard InChI is InChI=1S/C18H22IN/c1-13(2)17(15-7-5-4-6-8-15)12-20-18-10-9-16(19)11-14(18)3/h4-11,13,17,20H,12H2,1-3H3. The molecule has 1 atom stereocenters. The van der Waals surface area contributed by atoms with Gasteiger partial charge in [-0.25, -0.2) is 0 Å². The van der Waals surface area contributed by atoms with E-state index in [1.807, 2.05) is 0 Å². The Bertz CT molecular complexity index is 549. The van der Waals surface area contributed by atoms with Gasteiger partial charge in [-0.05, 0) is 64.8 Å². The molecular formula is C18H22IN. The van der Waals surface area contributed by atoms with Crippen LogP contribution in [-0.4, -0.2) is 6.54 Å². The number of benzene rings is 2. The zero-order valence-corrected chi connectivity index (χ0v) is 14.5. The Kier molecular flexibility index (Phi) is 5.46. The molecule has 0 aliphatic rings. The molecule has 0 bridgehead atoms. The van der Waals surface area contributed by atoms with Gasteiger partial charge in [0, 0.05) is 21.7 Å². The van der Waals surface area contributed by atoms with Gasteiger partial charge < -0.3 is 5.32 Å². The summed E-state index contributed by atoms with van der Waals surface area (Å²) in [5, 5.41) is 3.62. The third kappa shape index (κ3) is 3.98. The second-order valence-corrected chi connectivity index (χ2v) is 6.85. The van der Waals surface area contributed by atoms with Crippen molar-refractivity contribution in [2.24, 2.45) is 5.92 Å². The lowest BCUT2D eigenvalue weighted by Crippen LogP contribution is -2.18. The van der Waals surface area contributed by atoms with Crippen molar-refractivity contribution in [1.29, 1.82) is 0 Å². The Morgan fingerprint density at radius 2 is 1.75 bits per heavy atom. The van der Waals surface area contributed by atoms with Crippen LogP contribution < -0.4 is 5.32 Å². The monoisotopic (exact) mass is 379 g/mol. The highest BCUT2D eigenvalue weighted by Gasteiger charge is 2.15. The molecule has 1 N–H and O–H groups in total. The highest BCUT2D eigenvalue weighted by molar-refractivity contribution is 14.1. The summed E-state index contributed by atoms with van der Waals surface area (Å²) < 4.78 is 1.29. The summed E-state index contributed by atoms with van der Waals surface area (Å²) in [6, 6.07) is 17.3. The molecule has 0 spiro atoms. The van der Waals surface area contributed by atoms with E-state index in [1.54, 1.807) is 0 Å². The molecule has 1 nitrogen and oxygen atoms in total. The molecule has 2 rings (SSSR count). The number of hydrogen-bond donors (Lipinski definition) is 1.